The van der Waals surface area contributed by atoms with Crippen molar-refractivity contribution in [2.45, 2.75) is 135 Å². The van der Waals surface area contributed by atoms with Gasteiger partial charge in [-0.25, -0.2) is 0 Å². The molecule has 0 N–H and O–H groups in total. The highest BCUT2D eigenvalue weighted by molar-refractivity contribution is 14.1. The quantitative estimate of drug-likeness (QED) is 0.0651. The molecule has 0 aliphatic carbocycles. The van der Waals surface area contributed by atoms with Gasteiger partial charge in [-0.15, -0.1) is 0 Å². The lowest BCUT2D eigenvalue weighted by molar-refractivity contribution is -0.143. The SMILES string of the molecule is CCCCCCCCCCCCCCCCCCCOC(=O)CCCCI. The fraction of sp³-hybridized carbons (Fsp3) is 0.958. The van der Waals surface area contributed by atoms with E-state index in [1.807, 2.05) is 0 Å². The zero-order valence-corrected chi connectivity index (χ0v) is 20.4. The van der Waals surface area contributed by atoms with Crippen molar-refractivity contribution in [1.29, 1.82) is 0 Å². The molecule has 0 radical (unpaired) electrons. The van der Waals surface area contributed by atoms with Crippen LogP contribution in [0.25, 0.3) is 0 Å². The van der Waals surface area contributed by atoms with E-state index in [1.54, 1.807) is 0 Å². The Kier molecular flexibility index (Phi) is 24.4. The maximum atomic E-state index is 11.5. The molecule has 3 heteroatoms. The number of ether oxygens (including phenoxy) is 1. The highest BCUT2D eigenvalue weighted by Gasteiger charge is 2.01. The Morgan fingerprint density at radius 3 is 1.41 bits per heavy atom. The van der Waals surface area contributed by atoms with Gasteiger partial charge in [0.1, 0.15) is 0 Å². The van der Waals surface area contributed by atoms with Crippen LogP contribution in [-0.2, 0) is 9.53 Å². The summed E-state index contributed by atoms with van der Waals surface area (Å²) >= 11 is 2.35. The van der Waals surface area contributed by atoms with Gasteiger partial charge >= 0.3 is 5.97 Å². The van der Waals surface area contributed by atoms with Crippen LogP contribution in [0.2, 0.25) is 0 Å². The summed E-state index contributed by atoms with van der Waals surface area (Å²) in [4.78, 5) is 11.5. The van der Waals surface area contributed by atoms with Gasteiger partial charge in [-0.3, -0.25) is 4.79 Å². The van der Waals surface area contributed by atoms with Crippen molar-refractivity contribution in [1.82, 2.24) is 0 Å². The van der Waals surface area contributed by atoms with Crippen LogP contribution in [-0.4, -0.2) is 17.0 Å². The van der Waals surface area contributed by atoms with Gasteiger partial charge in [0.05, 0.1) is 6.61 Å². The van der Waals surface area contributed by atoms with Crippen LogP contribution in [0.15, 0.2) is 0 Å². The standard InChI is InChI=1S/C24H47IO2/c1-2-3-4-5-6-7-8-9-10-11-12-13-14-15-16-17-20-23-27-24(26)21-18-19-22-25/h2-23H2,1H3. The molecule has 0 saturated heterocycles. The van der Waals surface area contributed by atoms with Gasteiger partial charge < -0.3 is 4.74 Å². The summed E-state index contributed by atoms with van der Waals surface area (Å²) in [6.45, 7) is 2.91. The molecule has 0 atom stereocenters. The van der Waals surface area contributed by atoms with Crippen molar-refractivity contribution in [3.05, 3.63) is 0 Å². The molecule has 0 aliphatic rings. The molecule has 0 heterocycles. The van der Waals surface area contributed by atoms with Crippen LogP contribution in [0.4, 0.5) is 0 Å². The van der Waals surface area contributed by atoms with Crippen LogP contribution in [0.5, 0.6) is 0 Å². The van der Waals surface area contributed by atoms with Gasteiger partial charge in [0.15, 0.2) is 0 Å². The van der Waals surface area contributed by atoms with Gasteiger partial charge in [-0.2, -0.15) is 0 Å². The number of rotatable bonds is 22. The number of esters is 1. The van der Waals surface area contributed by atoms with Crippen molar-refractivity contribution in [2.75, 3.05) is 11.0 Å². The molecule has 162 valence electrons. The lowest BCUT2D eigenvalue weighted by Gasteiger charge is -2.05. The molecule has 0 amide bonds. The number of carbonyl (C=O) groups excluding carboxylic acids is 1. The second kappa shape index (κ2) is 24.2. The second-order valence-electron chi connectivity index (χ2n) is 8.02. The van der Waals surface area contributed by atoms with Gasteiger partial charge in [0.2, 0.25) is 0 Å². The minimum Gasteiger partial charge on any atom is -0.466 e. The summed E-state index contributed by atoms with van der Waals surface area (Å²) in [5.41, 5.74) is 0. The molecule has 0 unspecified atom stereocenters. The summed E-state index contributed by atoms with van der Waals surface area (Å²) < 4.78 is 6.40. The van der Waals surface area contributed by atoms with E-state index in [0.717, 1.165) is 23.7 Å². The monoisotopic (exact) mass is 494 g/mol. The fourth-order valence-corrected chi connectivity index (χ4v) is 3.99. The minimum atomic E-state index is -0.00339. The number of unbranched alkanes of at least 4 members (excludes halogenated alkanes) is 17. The molecule has 0 fully saturated rings. The molecule has 2 nitrogen and oxygen atoms in total. The van der Waals surface area contributed by atoms with E-state index in [1.165, 1.54) is 103 Å². The zero-order valence-electron chi connectivity index (χ0n) is 18.3. The van der Waals surface area contributed by atoms with E-state index in [0.29, 0.717) is 13.0 Å². The summed E-state index contributed by atoms with van der Waals surface area (Å²) in [5.74, 6) is -0.00339. The van der Waals surface area contributed by atoms with Crippen LogP contribution in [0.1, 0.15) is 135 Å². The maximum Gasteiger partial charge on any atom is 0.305 e. The normalized spacial score (nSPS) is 11.0. The average molecular weight is 495 g/mol. The second-order valence-corrected chi connectivity index (χ2v) is 9.10. The summed E-state index contributed by atoms with van der Waals surface area (Å²) in [7, 11) is 0. The number of carbonyl (C=O) groups is 1. The predicted molar refractivity (Wildman–Crippen MR) is 128 cm³/mol. The number of hydrogen-bond donors (Lipinski definition) is 0. The van der Waals surface area contributed by atoms with Crippen molar-refractivity contribution in [3.63, 3.8) is 0 Å². The lowest BCUT2D eigenvalue weighted by atomic mass is 10.0. The Morgan fingerprint density at radius 1 is 0.593 bits per heavy atom. The largest absolute Gasteiger partial charge is 0.466 e. The Balaban J connectivity index is 3.06. The van der Waals surface area contributed by atoms with Crippen LogP contribution in [0, 0.1) is 0 Å². The van der Waals surface area contributed by atoms with Crippen LogP contribution >= 0.6 is 22.6 Å². The molecule has 27 heavy (non-hydrogen) atoms. The number of hydrogen-bond acceptors (Lipinski definition) is 2. The van der Waals surface area contributed by atoms with Gasteiger partial charge in [-0.05, 0) is 23.7 Å². The van der Waals surface area contributed by atoms with Crippen LogP contribution in [0.3, 0.4) is 0 Å². The van der Waals surface area contributed by atoms with E-state index in [4.69, 9.17) is 4.74 Å². The highest BCUT2D eigenvalue weighted by Crippen LogP contribution is 2.14. The summed E-state index contributed by atoms with van der Waals surface area (Å²) in [6.07, 6.45) is 26.2. The fourth-order valence-electron chi connectivity index (χ4n) is 3.45. The zero-order chi connectivity index (χ0) is 19.8. The maximum absolute atomic E-state index is 11.5. The first kappa shape index (κ1) is 27.2. The molecule has 0 spiro atoms. The molecule has 0 aromatic carbocycles. The van der Waals surface area contributed by atoms with Gasteiger partial charge in [0.25, 0.3) is 0 Å². The number of halogens is 1. The van der Waals surface area contributed by atoms with Crippen molar-refractivity contribution in [3.8, 4) is 0 Å². The Labute approximate surface area is 184 Å². The third-order valence-electron chi connectivity index (χ3n) is 5.28. The molecule has 0 aromatic rings. The molecule has 0 aromatic heterocycles. The Hall–Kier alpha value is 0.200. The van der Waals surface area contributed by atoms with Crippen LogP contribution < -0.4 is 0 Å². The Bertz CT molecular complexity index is 294. The Morgan fingerprint density at radius 2 is 1.00 bits per heavy atom. The number of alkyl halides is 1. The van der Waals surface area contributed by atoms with E-state index in [2.05, 4.69) is 29.5 Å². The van der Waals surface area contributed by atoms with Crippen molar-refractivity contribution >= 4 is 28.6 Å². The van der Waals surface area contributed by atoms with Gasteiger partial charge in [-0.1, -0.05) is 132 Å². The van der Waals surface area contributed by atoms with Crippen molar-refractivity contribution < 1.29 is 9.53 Å². The molecular weight excluding hydrogens is 447 g/mol. The first-order valence-electron chi connectivity index (χ1n) is 12.0. The first-order valence-corrected chi connectivity index (χ1v) is 13.6. The van der Waals surface area contributed by atoms with Gasteiger partial charge in [0, 0.05) is 6.42 Å². The third kappa shape index (κ3) is 24.2. The molecule has 0 bridgehead atoms. The lowest BCUT2D eigenvalue weighted by Crippen LogP contribution is -2.05. The summed E-state index contributed by atoms with van der Waals surface area (Å²) in [6, 6.07) is 0. The molecule has 0 aliphatic heterocycles. The average Bonchev–Trinajstić information content (AvgIpc) is 2.67. The molecule has 0 saturated carbocycles. The van der Waals surface area contributed by atoms with E-state index in [-0.39, 0.29) is 5.97 Å². The van der Waals surface area contributed by atoms with E-state index < -0.39 is 0 Å². The highest BCUT2D eigenvalue weighted by atomic mass is 127. The molecular formula is C24H47IO2. The topological polar surface area (TPSA) is 26.3 Å². The summed E-state index contributed by atoms with van der Waals surface area (Å²) in [5, 5.41) is 0. The smallest absolute Gasteiger partial charge is 0.305 e. The predicted octanol–water partition coefficient (Wildman–Crippen LogP) is 8.79. The van der Waals surface area contributed by atoms with E-state index in [9.17, 15) is 4.79 Å². The van der Waals surface area contributed by atoms with Crippen molar-refractivity contribution in [2.24, 2.45) is 0 Å². The minimum absolute atomic E-state index is 0.00339. The molecule has 0 rings (SSSR count). The van der Waals surface area contributed by atoms with E-state index >= 15 is 0 Å². The third-order valence-corrected chi connectivity index (χ3v) is 6.04. The first-order chi connectivity index (χ1) is 13.3.